The van der Waals surface area contributed by atoms with E-state index in [0.717, 1.165) is 16.7 Å². The second-order valence-corrected chi connectivity index (χ2v) is 4.44. The molecule has 16 heavy (non-hydrogen) atoms. The monoisotopic (exact) mass is 248 g/mol. The normalized spacial score (nSPS) is 13.9. The molecule has 1 aromatic rings. The molecular formula is C11H15ClF2N2. The van der Waals surface area contributed by atoms with Crippen LogP contribution in [0.25, 0.3) is 0 Å². The molecule has 1 rings (SSSR count). The van der Waals surface area contributed by atoms with Crippen molar-refractivity contribution in [3.05, 3.63) is 34.4 Å². The minimum absolute atomic E-state index is 0.422. The molecule has 5 heteroatoms. The lowest BCUT2D eigenvalue weighted by atomic mass is 9.96. The molecule has 0 radical (unpaired) electrons. The Bertz CT molecular complexity index is 388. The van der Waals surface area contributed by atoms with Gasteiger partial charge in [0, 0.05) is 0 Å². The van der Waals surface area contributed by atoms with Crippen molar-refractivity contribution in [2.75, 3.05) is 0 Å². The average molecular weight is 249 g/mol. The Morgan fingerprint density at radius 3 is 2.12 bits per heavy atom. The maximum atomic E-state index is 13.1. The number of nitrogens with one attached hydrogen (secondary N) is 1. The van der Waals surface area contributed by atoms with Crippen LogP contribution in [-0.4, -0.2) is 5.38 Å². The molecule has 0 aromatic heterocycles. The first kappa shape index (κ1) is 13.4. The van der Waals surface area contributed by atoms with E-state index in [-0.39, 0.29) is 0 Å². The molecule has 3 N–H and O–H groups in total. The maximum absolute atomic E-state index is 13.1. The summed E-state index contributed by atoms with van der Waals surface area (Å²) in [4.78, 5) is 0. The molecule has 0 aliphatic carbocycles. The predicted molar refractivity (Wildman–Crippen MR) is 61.5 cm³/mol. The number of halogens is 3. The fourth-order valence-electron chi connectivity index (χ4n) is 1.65. The van der Waals surface area contributed by atoms with E-state index in [1.54, 1.807) is 13.0 Å². The Balaban J connectivity index is 3.26. The largest absolute Gasteiger partial charge is 0.342 e. The van der Waals surface area contributed by atoms with Crippen LogP contribution in [0.5, 0.6) is 0 Å². The van der Waals surface area contributed by atoms with Crippen molar-refractivity contribution in [3.63, 3.8) is 0 Å². The standard InChI is InChI=1S/C11H15ClF2N2/c1-6-4-8(3)9(5-7(6)2)10(16-15)11(12,13)14/h4-5,10,16H,15H2,1-3H3. The molecule has 0 aliphatic rings. The van der Waals surface area contributed by atoms with Gasteiger partial charge >= 0.3 is 5.38 Å². The van der Waals surface area contributed by atoms with Crippen molar-refractivity contribution in [1.29, 1.82) is 0 Å². The molecule has 2 nitrogen and oxygen atoms in total. The number of aryl methyl sites for hydroxylation is 3. The summed E-state index contributed by atoms with van der Waals surface area (Å²) in [6, 6.07) is 2.15. The van der Waals surface area contributed by atoms with Gasteiger partial charge in [0.15, 0.2) is 0 Å². The lowest BCUT2D eigenvalue weighted by Gasteiger charge is -2.23. The van der Waals surface area contributed by atoms with E-state index in [9.17, 15) is 8.78 Å². The minimum Gasteiger partial charge on any atom is -0.271 e. The van der Waals surface area contributed by atoms with Gasteiger partial charge in [0.25, 0.3) is 0 Å². The highest BCUT2D eigenvalue weighted by Gasteiger charge is 2.38. The Morgan fingerprint density at radius 1 is 1.19 bits per heavy atom. The Kier molecular flexibility index (Phi) is 3.88. The van der Waals surface area contributed by atoms with Crippen LogP contribution in [0, 0.1) is 20.8 Å². The Labute approximate surface area is 98.8 Å². The van der Waals surface area contributed by atoms with E-state index in [0.29, 0.717) is 5.56 Å². The number of alkyl halides is 3. The number of nitrogens with two attached hydrogens (primary N) is 1. The first-order chi connectivity index (χ1) is 7.27. The number of hydrogen-bond donors (Lipinski definition) is 2. The van der Waals surface area contributed by atoms with Gasteiger partial charge in [-0.2, -0.15) is 8.78 Å². The van der Waals surface area contributed by atoms with Crippen molar-refractivity contribution in [1.82, 2.24) is 5.43 Å². The van der Waals surface area contributed by atoms with Gasteiger partial charge in [-0.15, -0.1) is 0 Å². The molecule has 0 spiro atoms. The number of hydrogen-bond acceptors (Lipinski definition) is 2. The number of rotatable bonds is 3. The highest BCUT2D eigenvalue weighted by molar-refractivity contribution is 6.22. The van der Waals surface area contributed by atoms with Gasteiger partial charge in [-0.1, -0.05) is 12.1 Å². The highest BCUT2D eigenvalue weighted by Crippen LogP contribution is 2.36. The van der Waals surface area contributed by atoms with Crippen molar-refractivity contribution in [3.8, 4) is 0 Å². The molecule has 0 bridgehead atoms. The molecule has 0 aliphatic heterocycles. The van der Waals surface area contributed by atoms with Gasteiger partial charge in [0.1, 0.15) is 6.04 Å². The fraction of sp³-hybridized carbons (Fsp3) is 0.455. The van der Waals surface area contributed by atoms with Crippen LogP contribution >= 0.6 is 11.6 Å². The molecule has 0 saturated carbocycles. The smallest absolute Gasteiger partial charge is 0.271 e. The van der Waals surface area contributed by atoms with E-state index in [1.165, 1.54) is 0 Å². The van der Waals surface area contributed by atoms with Gasteiger partial charge in [0.2, 0.25) is 0 Å². The molecule has 1 aromatic carbocycles. The zero-order chi connectivity index (χ0) is 12.5. The van der Waals surface area contributed by atoms with Crippen LogP contribution < -0.4 is 11.3 Å². The first-order valence-corrected chi connectivity index (χ1v) is 5.25. The summed E-state index contributed by atoms with van der Waals surface area (Å²) in [7, 11) is 0. The first-order valence-electron chi connectivity index (χ1n) is 4.88. The minimum atomic E-state index is -3.42. The van der Waals surface area contributed by atoms with Crippen LogP contribution in [-0.2, 0) is 0 Å². The van der Waals surface area contributed by atoms with Crippen molar-refractivity contribution in [2.45, 2.75) is 32.2 Å². The second-order valence-electron chi connectivity index (χ2n) is 3.93. The number of benzene rings is 1. The summed E-state index contributed by atoms with van der Waals surface area (Å²) in [5.74, 6) is 5.13. The van der Waals surface area contributed by atoms with Gasteiger partial charge < -0.3 is 0 Å². The third kappa shape index (κ3) is 2.70. The van der Waals surface area contributed by atoms with E-state index in [4.69, 9.17) is 17.4 Å². The molecule has 1 unspecified atom stereocenters. The van der Waals surface area contributed by atoms with E-state index < -0.39 is 11.4 Å². The van der Waals surface area contributed by atoms with Crippen molar-refractivity contribution >= 4 is 11.6 Å². The van der Waals surface area contributed by atoms with Crippen LogP contribution in [0.15, 0.2) is 12.1 Å². The maximum Gasteiger partial charge on any atom is 0.342 e. The quantitative estimate of drug-likeness (QED) is 0.490. The topological polar surface area (TPSA) is 38.0 Å². The Morgan fingerprint density at radius 2 is 1.69 bits per heavy atom. The molecule has 0 amide bonds. The van der Waals surface area contributed by atoms with Crippen molar-refractivity contribution < 1.29 is 8.78 Å². The van der Waals surface area contributed by atoms with Gasteiger partial charge in [-0.3, -0.25) is 5.84 Å². The summed E-state index contributed by atoms with van der Waals surface area (Å²) in [5.41, 5.74) is 5.21. The Hall–Kier alpha value is -0.710. The van der Waals surface area contributed by atoms with Gasteiger partial charge in [0.05, 0.1) is 0 Å². The molecule has 90 valence electrons. The third-order valence-corrected chi connectivity index (χ3v) is 2.91. The average Bonchev–Trinajstić information content (AvgIpc) is 2.12. The molecule has 0 saturated heterocycles. The summed E-state index contributed by atoms with van der Waals surface area (Å²) in [6.07, 6.45) is 0. The summed E-state index contributed by atoms with van der Waals surface area (Å²) < 4.78 is 26.2. The summed E-state index contributed by atoms with van der Waals surface area (Å²) >= 11 is 5.02. The molecule has 0 heterocycles. The summed E-state index contributed by atoms with van der Waals surface area (Å²) in [6.45, 7) is 5.54. The molecule has 0 fully saturated rings. The zero-order valence-electron chi connectivity index (χ0n) is 9.44. The van der Waals surface area contributed by atoms with Crippen LogP contribution in [0.1, 0.15) is 28.3 Å². The van der Waals surface area contributed by atoms with Gasteiger partial charge in [-0.05, 0) is 54.6 Å². The number of hydrazine groups is 1. The fourth-order valence-corrected chi connectivity index (χ4v) is 1.83. The van der Waals surface area contributed by atoms with Crippen LogP contribution in [0.3, 0.4) is 0 Å². The molecule has 1 atom stereocenters. The zero-order valence-corrected chi connectivity index (χ0v) is 10.2. The van der Waals surface area contributed by atoms with E-state index in [1.807, 2.05) is 19.9 Å². The van der Waals surface area contributed by atoms with Crippen LogP contribution in [0.2, 0.25) is 0 Å². The van der Waals surface area contributed by atoms with Gasteiger partial charge in [-0.25, -0.2) is 5.43 Å². The van der Waals surface area contributed by atoms with Crippen LogP contribution in [0.4, 0.5) is 8.78 Å². The molecular weight excluding hydrogens is 234 g/mol. The predicted octanol–water partition coefficient (Wildman–Crippen LogP) is 2.95. The lowest BCUT2D eigenvalue weighted by molar-refractivity contribution is 0.0495. The third-order valence-electron chi connectivity index (χ3n) is 2.69. The van der Waals surface area contributed by atoms with E-state index >= 15 is 0 Å². The lowest BCUT2D eigenvalue weighted by Crippen LogP contribution is -2.38. The van der Waals surface area contributed by atoms with E-state index in [2.05, 4.69) is 5.43 Å². The SMILES string of the molecule is Cc1cc(C)c(C(NN)C(F)(F)Cl)cc1C. The summed E-state index contributed by atoms with van der Waals surface area (Å²) in [5, 5.41) is -3.42. The highest BCUT2D eigenvalue weighted by atomic mass is 35.5. The second kappa shape index (κ2) is 4.65. The van der Waals surface area contributed by atoms with Crippen molar-refractivity contribution in [2.24, 2.45) is 5.84 Å².